The summed E-state index contributed by atoms with van der Waals surface area (Å²) >= 11 is 0. The van der Waals surface area contributed by atoms with E-state index < -0.39 is 4.92 Å². The Morgan fingerprint density at radius 3 is 2.68 bits per heavy atom. The monoisotopic (exact) mass is 262 g/mol. The number of carbonyl (C=O) groups excluding carboxylic acids is 1. The average Bonchev–Trinajstić information content (AvgIpc) is 3.19. The molecule has 19 heavy (non-hydrogen) atoms. The van der Waals surface area contributed by atoms with Crippen molar-refractivity contribution in [1.29, 1.82) is 0 Å². The van der Waals surface area contributed by atoms with E-state index in [0.29, 0.717) is 11.3 Å². The van der Waals surface area contributed by atoms with Crippen LogP contribution in [0.5, 0.6) is 0 Å². The van der Waals surface area contributed by atoms with Gasteiger partial charge in [0, 0.05) is 25.2 Å². The van der Waals surface area contributed by atoms with E-state index in [9.17, 15) is 14.9 Å². The SMILES string of the molecule is CC(=O)c1ccc(N(C)CCC2CC2)c([N+](=O)[O-])c1. The summed E-state index contributed by atoms with van der Waals surface area (Å²) in [6, 6.07) is 4.69. The zero-order valence-electron chi connectivity index (χ0n) is 11.3. The van der Waals surface area contributed by atoms with Gasteiger partial charge in [-0.25, -0.2) is 0 Å². The first-order chi connectivity index (χ1) is 8.99. The van der Waals surface area contributed by atoms with Gasteiger partial charge in [0.2, 0.25) is 0 Å². The number of hydrogen-bond donors (Lipinski definition) is 0. The van der Waals surface area contributed by atoms with E-state index in [1.165, 1.54) is 25.8 Å². The zero-order chi connectivity index (χ0) is 14.0. The Balaban J connectivity index is 2.21. The molecule has 1 aromatic carbocycles. The van der Waals surface area contributed by atoms with Gasteiger partial charge in [0.15, 0.2) is 5.78 Å². The number of anilines is 1. The van der Waals surface area contributed by atoms with Gasteiger partial charge in [-0.15, -0.1) is 0 Å². The standard InChI is InChI=1S/C14H18N2O3/c1-10(17)12-5-6-13(14(9-12)16(18)19)15(2)8-7-11-3-4-11/h5-6,9,11H,3-4,7-8H2,1-2H3. The molecule has 0 aliphatic heterocycles. The van der Waals surface area contributed by atoms with Gasteiger partial charge < -0.3 is 4.90 Å². The number of hydrogen-bond acceptors (Lipinski definition) is 4. The van der Waals surface area contributed by atoms with Crippen LogP contribution in [0.2, 0.25) is 0 Å². The predicted octanol–water partition coefficient (Wildman–Crippen LogP) is 3.03. The van der Waals surface area contributed by atoms with E-state index in [2.05, 4.69) is 0 Å². The summed E-state index contributed by atoms with van der Waals surface area (Å²) < 4.78 is 0. The number of Topliss-reactive ketones (excluding diaryl/α,β-unsaturated/α-hetero) is 1. The Bertz CT molecular complexity index is 509. The largest absolute Gasteiger partial charge is 0.369 e. The highest BCUT2D eigenvalue weighted by atomic mass is 16.6. The number of nitro benzene ring substituents is 1. The number of carbonyl (C=O) groups is 1. The second-order valence-electron chi connectivity index (χ2n) is 5.17. The van der Waals surface area contributed by atoms with Gasteiger partial charge in [0.05, 0.1) is 4.92 Å². The maximum Gasteiger partial charge on any atom is 0.293 e. The van der Waals surface area contributed by atoms with Gasteiger partial charge in [0.1, 0.15) is 5.69 Å². The molecule has 1 aliphatic rings. The molecule has 0 unspecified atom stereocenters. The van der Waals surface area contributed by atoms with Crippen LogP contribution in [0.25, 0.3) is 0 Å². The number of nitro groups is 1. The molecule has 0 radical (unpaired) electrons. The zero-order valence-corrected chi connectivity index (χ0v) is 11.3. The first kappa shape index (κ1) is 13.5. The minimum absolute atomic E-state index is 0.00555. The van der Waals surface area contributed by atoms with E-state index in [0.717, 1.165) is 18.9 Å². The highest BCUT2D eigenvalue weighted by Crippen LogP contribution is 2.34. The van der Waals surface area contributed by atoms with Crippen LogP contribution in [-0.4, -0.2) is 24.3 Å². The predicted molar refractivity (Wildman–Crippen MR) is 73.7 cm³/mol. The summed E-state index contributed by atoms with van der Waals surface area (Å²) in [7, 11) is 1.86. The van der Waals surface area contributed by atoms with Crippen LogP contribution in [0.3, 0.4) is 0 Å². The van der Waals surface area contributed by atoms with Crippen LogP contribution < -0.4 is 4.90 Å². The van der Waals surface area contributed by atoms with Crippen molar-refractivity contribution in [1.82, 2.24) is 0 Å². The molecule has 2 rings (SSSR count). The van der Waals surface area contributed by atoms with Gasteiger partial charge in [-0.05, 0) is 31.4 Å². The molecule has 0 saturated heterocycles. The molecule has 0 atom stereocenters. The maximum atomic E-state index is 11.3. The molecular weight excluding hydrogens is 244 g/mol. The molecule has 5 heteroatoms. The highest BCUT2D eigenvalue weighted by molar-refractivity contribution is 5.95. The van der Waals surface area contributed by atoms with E-state index in [4.69, 9.17) is 0 Å². The maximum absolute atomic E-state index is 11.3. The third-order valence-electron chi connectivity index (χ3n) is 3.56. The molecule has 5 nitrogen and oxygen atoms in total. The molecule has 0 aromatic heterocycles. The second-order valence-corrected chi connectivity index (χ2v) is 5.17. The van der Waals surface area contributed by atoms with Crippen molar-refractivity contribution in [3.05, 3.63) is 33.9 Å². The fourth-order valence-corrected chi connectivity index (χ4v) is 2.11. The van der Waals surface area contributed by atoms with Crippen molar-refractivity contribution in [3.63, 3.8) is 0 Å². The Morgan fingerprint density at radius 1 is 1.47 bits per heavy atom. The highest BCUT2D eigenvalue weighted by Gasteiger charge is 2.23. The third-order valence-corrected chi connectivity index (χ3v) is 3.56. The van der Waals surface area contributed by atoms with Crippen molar-refractivity contribution in [2.75, 3.05) is 18.5 Å². The van der Waals surface area contributed by atoms with Crippen LogP contribution in [0.4, 0.5) is 11.4 Å². The normalized spacial score (nSPS) is 14.2. The summed E-state index contributed by atoms with van der Waals surface area (Å²) in [6.45, 7) is 2.22. The van der Waals surface area contributed by atoms with E-state index >= 15 is 0 Å². The van der Waals surface area contributed by atoms with Crippen LogP contribution in [0, 0.1) is 16.0 Å². The first-order valence-corrected chi connectivity index (χ1v) is 6.49. The smallest absolute Gasteiger partial charge is 0.293 e. The first-order valence-electron chi connectivity index (χ1n) is 6.49. The summed E-state index contributed by atoms with van der Waals surface area (Å²) in [5.74, 6) is 0.633. The van der Waals surface area contributed by atoms with Crippen molar-refractivity contribution in [3.8, 4) is 0 Å². The van der Waals surface area contributed by atoms with Gasteiger partial charge in [0.25, 0.3) is 5.69 Å². The Labute approximate surface area is 112 Å². The Hall–Kier alpha value is -1.91. The van der Waals surface area contributed by atoms with Crippen LogP contribution in [-0.2, 0) is 0 Å². The summed E-state index contributed by atoms with van der Waals surface area (Å²) in [5.41, 5.74) is 0.965. The number of ketones is 1. The molecule has 1 aromatic rings. The summed E-state index contributed by atoms with van der Waals surface area (Å²) in [5, 5.41) is 11.1. The van der Waals surface area contributed by atoms with E-state index in [1.807, 2.05) is 11.9 Å². The van der Waals surface area contributed by atoms with Gasteiger partial charge in [-0.1, -0.05) is 12.8 Å². The lowest BCUT2D eigenvalue weighted by atomic mass is 10.1. The lowest BCUT2D eigenvalue weighted by molar-refractivity contribution is -0.384. The minimum Gasteiger partial charge on any atom is -0.369 e. The fraction of sp³-hybridized carbons (Fsp3) is 0.500. The molecule has 102 valence electrons. The summed E-state index contributed by atoms with van der Waals surface area (Å²) in [6.07, 6.45) is 3.63. The molecule has 1 saturated carbocycles. The molecule has 1 aliphatic carbocycles. The lowest BCUT2D eigenvalue weighted by Crippen LogP contribution is -2.20. The number of benzene rings is 1. The van der Waals surface area contributed by atoms with Gasteiger partial charge >= 0.3 is 0 Å². The third kappa shape index (κ3) is 3.30. The summed E-state index contributed by atoms with van der Waals surface area (Å²) in [4.78, 5) is 23.9. The van der Waals surface area contributed by atoms with Crippen molar-refractivity contribution in [2.45, 2.75) is 26.2 Å². The quantitative estimate of drug-likeness (QED) is 0.449. The second kappa shape index (κ2) is 5.38. The lowest BCUT2D eigenvalue weighted by Gasteiger charge is -2.19. The Kier molecular flexibility index (Phi) is 3.83. The molecule has 0 amide bonds. The van der Waals surface area contributed by atoms with E-state index in [1.54, 1.807) is 12.1 Å². The number of rotatable bonds is 6. The van der Waals surface area contributed by atoms with Crippen LogP contribution in [0.15, 0.2) is 18.2 Å². The van der Waals surface area contributed by atoms with Crippen molar-refractivity contribution >= 4 is 17.2 Å². The minimum atomic E-state index is -0.421. The van der Waals surface area contributed by atoms with Crippen LogP contribution in [0.1, 0.15) is 36.5 Å². The average molecular weight is 262 g/mol. The van der Waals surface area contributed by atoms with Crippen LogP contribution >= 0.6 is 0 Å². The topological polar surface area (TPSA) is 63.5 Å². The molecule has 0 bridgehead atoms. The molecular formula is C14H18N2O3. The van der Waals surface area contributed by atoms with E-state index in [-0.39, 0.29) is 11.5 Å². The molecule has 0 heterocycles. The van der Waals surface area contributed by atoms with Gasteiger partial charge in [-0.2, -0.15) is 0 Å². The van der Waals surface area contributed by atoms with Crippen molar-refractivity contribution in [2.24, 2.45) is 5.92 Å². The fourth-order valence-electron chi connectivity index (χ4n) is 2.11. The molecule has 1 fully saturated rings. The molecule has 0 N–H and O–H groups in total. The number of nitrogens with zero attached hydrogens (tertiary/aromatic N) is 2. The molecule has 0 spiro atoms. The van der Waals surface area contributed by atoms with Gasteiger partial charge in [-0.3, -0.25) is 14.9 Å². The van der Waals surface area contributed by atoms with Crippen molar-refractivity contribution < 1.29 is 9.72 Å². The Morgan fingerprint density at radius 2 is 2.16 bits per heavy atom.